The van der Waals surface area contributed by atoms with Crippen LogP contribution in [-0.2, 0) is 6.42 Å². The van der Waals surface area contributed by atoms with Gasteiger partial charge in [-0.15, -0.1) is 0 Å². The summed E-state index contributed by atoms with van der Waals surface area (Å²) < 4.78 is 0.913. The van der Waals surface area contributed by atoms with Crippen LogP contribution < -0.4 is 0 Å². The lowest BCUT2D eigenvalue weighted by molar-refractivity contribution is 0.0992. The highest BCUT2D eigenvalue weighted by Crippen LogP contribution is 2.20. The highest BCUT2D eigenvalue weighted by molar-refractivity contribution is 14.1. The third kappa shape index (κ3) is 3.46. The average molecular weight is 391 g/mol. The molecule has 0 aliphatic carbocycles. The largest absolute Gasteiger partial charge is 0.294 e. The molecule has 0 amide bonds. The third-order valence-corrected chi connectivity index (χ3v) is 3.93. The predicted octanol–water partition coefficient (Wildman–Crippen LogP) is 5.02. The maximum Gasteiger partial charge on any atom is 0.168 e. The van der Waals surface area contributed by atoms with Crippen molar-refractivity contribution in [2.45, 2.75) is 6.42 Å². The molecule has 0 aliphatic rings. The monoisotopic (exact) mass is 390 g/mol. The van der Waals surface area contributed by atoms with Crippen molar-refractivity contribution in [3.05, 3.63) is 67.2 Å². The molecule has 0 aromatic heterocycles. The second kappa shape index (κ2) is 6.04. The molecule has 0 aliphatic heterocycles. The van der Waals surface area contributed by atoms with Crippen molar-refractivity contribution in [1.82, 2.24) is 0 Å². The topological polar surface area (TPSA) is 17.1 Å². The molecular formula is C14H9Cl2IO. The minimum atomic E-state index is 0.0595. The first kappa shape index (κ1) is 13.8. The first-order valence-corrected chi connectivity index (χ1v) is 7.12. The summed E-state index contributed by atoms with van der Waals surface area (Å²) in [7, 11) is 0. The van der Waals surface area contributed by atoms with Crippen LogP contribution in [0.15, 0.2) is 42.5 Å². The summed E-state index contributed by atoms with van der Waals surface area (Å²) in [6.07, 6.45) is 0.355. The molecule has 1 nitrogen and oxygen atoms in total. The molecule has 0 heterocycles. The van der Waals surface area contributed by atoms with Crippen molar-refractivity contribution in [1.29, 1.82) is 0 Å². The molecule has 0 radical (unpaired) electrons. The SMILES string of the molecule is O=C(Cc1ccc(Cl)cc1)c1cc(Cl)ccc1I. The van der Waals surface area contributed by atoms with Crippen LogP contribution >= 0.6 is 45.8 Å². The van der Waals surface area contributed by atoms with Crippen molar-refractivity contribution >= 4 is 51.6 Å². The molecule has 2 aromatic carbocycles. The molecule has 2 aromatic rings. The van der Waals surface area contributed by atoms with Crippen molar-refractivity contribution in [3.63, 3.8) is 0 Å². The molecule has 0 unspecified atom stereocenters. The van der Waals surface area contributed by atoms with Gasteiger partial charge in [-0.05, 0) is 58.5 Å². The Bertz CT molecular complexity index is 579. The van der Waals surface area contributed by atoms with E-state index >= 15 is 0 Å². The molecular weight excluding hydrogens is 382 g/mol. The molecule has 0 atom stereocenters. The van der Waals surface area contributed by atoms with E-state index in [2.05, 4.69) is 22.6 Å². The van der Waals surface area contributed by atoms with Crippen molar-refractivity contribution in [2.75, 3.05) is 0 Å². The fraction of sp³-hybridized carbons (Fsp3) is 0.0714. The zero-order valence-corrected chi connectivity index (χ0v) is 13.0. The van der Waals surface area contributed by atoms with Gasteiger partial charge in [-0.1, -0.05) is 35.3 Å². The molecule has 18 heavy (non-hydrogen) atoms. The fourth-order valence-corrected chi connectivity index (χ4v) is 2.53. The number of Topliss-reactive ketones (excluding diaryl/α,β-unsaturated/α-hetero) is 1. The number of carbonyl (C=O) groups excluding carboxylic acids is 1. The van der Waals surface area contributed by atoms with Gasteiger partial charge in [-0.3, -0.25) is 4.79 Å². The Morgan fingerprint density at radius 2 is 1.61 bits per heavy atom. The maximum absolute atomic E-state index is 12.2. The molecule has 0 saturated heterocycles. The lowest BCUT2D eigenvalue weighted by atomic mass is 10.0. The minimum Gasteiger partial charge on any atom is -0.294 e. The normalized spacial score (nSPS) is 10.4. The first-order chi connectivity index (χ1) is 8.56. The molecule has 2 rings (SSSR count). The molecule has 0 bridgehead atoms. The second-order valence-corrected chi connectivity index (χ2v) is 5.89. The van der Waals surface area contributed by atoms with Crippen molar-refractivity contribution in [2.24, 2.45) is 0 Å². The smallest absolute Gasteiger partial charge is 0.168 e. The van der Waals surface area contributed by atoms with Gasteiger partial charge in [0.1, 0.15) is 0 Å². The van der Waals surface area contributed by atoms with Gasteiger partial charge >= 0.3 is 0 Å². The number of hydrogen-bond donors (Lipinski definition) is 0. The highest BCUT2D eigenvalue weighted by atomic mass is 127. The van der Waals surface area contributed by atoms with E-state index in [1.807, 2.05) is 18.2 Å². The van der Waals surface area contributed by atoms with Crippen LogP contribution in [0.25, 0.3) is 0 Å². The van der Waals surface area contributed by atoms with Gasteiger partial charge in [-0.2, -0.15) is 0 Å². The van der Waals surface area contributed by atoms with Crippen LogP contribution in [-0.4, -0.2) is 5.78 Å². The molecule has 0 N–H and O–H groups in total. The van der Waals surface area contributed by atoms with Crippen molar-refractivity contribution < 1.29 is 4.79 Å². The van der Waals surface area contributed by atoms with E-state index in [9.17, 15) is 4.79 Å². The Morgan fingerprint density at radius 1 is 1.00 bits per heavy atom. The molecule has 92 valence electrons. The van der Waals surface area contributed by atoms with Gasteiger partial charge in [0.2, 0.25) is 0 Å². The number of halogens is 3. The van der Waals surface area contributed by atoms with Gasteiger partial charge < -0.3 is 0 Å². The Hall–Kier alpha value is -0.580. The van der Waals surface area contributed by atoms with E-state index in [0.717, 1.165) is 9.13 Å². The molecule has 0 fully saturated rings. The lowest BCUT2D eigenvalue weighted by Crippen LogP contribution is -2.05. The summed E-state index contributed by atoms with van der Waals surface area (Å²) in [4.78, 5) is 12.2. The predicted molar refractivity (Wildman–Crippen MR) is 83.7 cm³/mol. The number of rotatable bonds is 3. The summed E-state index contributed by atoms with van der Waals surface area (Å²) in [5, 5.41) is 1.25. The summed E-state index contributed by atoms with van der Waals surface area (Å²) in [6.45, 7) is 0. The van der Waals surface area contributed by atoms with E-state index in [1.165, 1.54) is 0 Å². The molecule has 4 heteroatoms. The van der Waals surface area contributed by atoms with Crippen LogP contribution in [0, 0.1) is 3.57 Å². The first-order valence-electron chi connectivity index (χ1n) is 5.29. The van der Waals surface area contributed by atoms with Crippen LogP contribution in [0.1, 0.15) is 15.9 Å². The Labute approximate surface area is 129 Å². The lowest BCUT2D eigenvalue weighted by Gasteiger charge is -2.05. The van der Waals surface area contributed by atoms with Gasteiger partial charge in [-0.25, -0.2) is 0 Å². The highest BCUT2D eigenvalue weighted by Gasteiger charge is 2.11. The summed E-state index contributed by atoms with van der Waals surface area (Å²) in [6, 6.07) is 12.6. The maximum atomic E-state index is 12.2. The average Bonchev–Trinajstić information content (AvgIpc) is 2.35. The number of hydrogen-bond acceptors (Lipinski definition) is 1. The van der Waals surface area contributed by atoms with Gasteiger partial charge in [0.15, 0.2) is 5.78 Å². The van der Waals surface area contributed by atoms with Gasteiger partial charge in [0.25, 0.3) is 0 Å². The number of carbonyl (C=O) groups is 1. The third-order valence-electron chi connectivity index (χ3n) is 2.51. The number of benzene rings is 2. The molecule has 0 spiro atoms. The zero-order chi connectivity index (χ0) is 13.1. The van der Waals surface area contributed by atoms with E-state index < -0.39 is 0 Å². The van der Waals surface area contributed by atoms with E-state index in [0.29, 0.717) is 22.0 Å². The zero-order valence-electron chi connectivity index (χ0n) is 9.29. The summed E-state index contributed by atoms with van der Waals surface area (Å²) in [5.41, 5.74) is 1.61. The quantitative estimate of drug-likeness (QED) is 0.531. The van der Waals surface area contributed by atoms with E-state index in [4.69, 9.17) is 23.2 Å². The number of ketones is 1. The van der Waals surface area contributed by atoms with E-state index in [-0.39, 0.29) is 5.78 Å². The Balaban J connectivity index is 2.21. The summed E-state index contributed by atoms with van der Waals surface area (Å²) in [5.74, 6) is 0.0595. The van der Waals surface area contributed by atoms with Crippen molar-refractivity contribution in [3.8, 4) is 0 Å². The Morgan fingerprint density at radius 3 is 2.28 bits per heavy atom. The van der Waals surface area contributed by atoms with Crippen LogP contribution in [0.2, 0.25) is 10.0 Å². The molecule has 0 saturated carbocycles. The van der Waals surface area contributed by atoms with Gasteiger partial charge in [0.05, 0.1) is 0 Å². The second-order valence-electron chi connectivity index (χ2n) is 3.85. The standard InChI is InChI=1S/C14H9Cl2IO/c15-10-3-1-9(2-4-10)7-14(18)12-8-11(16)5-6-13(12)17/h1-6,8H,7H2. The van der Waals surface area contributed by atoms with Crippen LogP contribution in [0.4, 0.5) is 0 Å². The fourth-order valence-electron chi connectivity index (χ4n) is 1.59. The van der Waals surface area contributed by atoms with Crippen LogP contribution in [0.3, 0.4) is 0 Å². The van der Waals surface area contributed by atoms with Gasteiger partial charge in [0, 0.05) is 25.6 Å². The minimum absolute atomic E-state index is 0.0595. The Kier molecular flexibility index (Phi) is 4.65. The summed E-state index contributed by atoms with van der Waals surface area (Å²) >= 11 is 13.9. The van der Waals surface area contributed by atoms with Crippen LogP contribution in [0.5, 0.6) is 0 Å². The van der Waals surface area contributed by atoms with E-state index in [1.54, 1.807) is 24.3 Å².